The predicted molar refractivity (Wildman–Crippen MR) is 105 cm³/mol. The van der Waals surface area contributed by atoms with Crippen LogP contribution >= 0.6 is 23.2 Å². The molecule has 1 amide bonds. The van der Waals surface area contributed by atoms with Gasteiger partial charge >= 0.3 is 0 Å². The lowest BCUT2D eigenvalue weighted by molar-refractivity contribution is 0.0951. The van der Waals surface area contributed by atoms with Gasteiger partial charge in [-0.05, 0) is 37.1 Å². The van der Waals surface area contributed by atoms with Gasteiger partial charge in [0.1, 0.15) is 0 Å². The second-order valence-corrected chi connectivity index (χ2v) is 8.62. The van der Waals surface area contributed by atoms with E-state index in [0.29, 0.717) is 16.1 Å². The van der Waals surface area contributed by atoms with Gasteiger partial charge in [0, 0.05) is 12.6 Å². The molecule has 0 unspecified atom stereocenters. The summed E-state index contributed by atoms with van der Waals surface area (Å²) in [7, 11) is -3.46. The van der Waals surface area contributed by atoms with Gasteiger partial charge < -0.3 is 5.32 Å². The van der Waals surface area contributed by atoms with E-state index < -0.39 is 10.0 Å². The SMILES string of the molecule is CC(C)NS(=O)(=O)Cc1ccccc1CNC(=O)c1cccc(Cl)c1Cl. The molecule has 0 saturated heterocycles. The summed E-state index contributed by atoms with van der Waals surface area (Å²) in [4.78, 5) is 12.3. The summed E-state index contributed by atoms with van der Waals surface area (Å²) >= 11 is 12.0. The highest BCUT2D eigenvalue weighted by Gasteiger charge is 2.17. The fraction of sp³-hybridized carbons (Fsp3) is 0.278. The minimum absolute atomic E-state index is 0.158. The van der Waals surface area contributed by atoms with Gasteiger partial charge in [0.25, 0.3) is 5.91 Å². The maximum Gasteiger partial charge on any atom is 0.253 e. The summed E-state index contributed by atoms with van der Waals surface area (Å²) in [5.74, 6) is -0.537. The topological polar surface area (TPSA) is 75.3 Å². The second-order valence-electron chi connectivity index (χ2n) is 6.08. The van der Waals surface area contributed by atoms with E-state index in [1.54, 1.807) is 56.3 Å². The smallest absolute Gasteiger partial charge is 0.253 e. The quantitative estimate of drug-likeness (QED) is 0.723. The first-order chi connectivity index (χ1) is 12.2. The molecule has 0 saturated carbocycles. The van der Waals surface area contributed by atoms with Crippen molar-refractivity contribution in [3.05, 3.63) is 69.2 Å². The van der Waals surface area contributed by atoms with Crippen LogP contribution in [0, 0.1) is 0 Å². The molecule has 0 aliphatic heterocycles. The molecule has 5 nitrogen and oxygen atoms in total. The van der Waals surface area contributed by atoms with Gasteiger partial charge in [0.15, 0.2) is 0 Å². The van der Waals surface area contributed by atoms with Gasteiger partial charge in [-0.3, -0.25) is 4.79 Å². The number of carbonyl (C=O) groups excluding carboxylic acids is 1. The van der Waals surface area contributed by atoms with Crippen molar-refractivity contribution in [1.29, 1.82) is 0 Å². The van der Waals surface area contributed by atoms with Crippen LogP contribution in [0.4, 0.5) is 0 Å². The lowest BCUT2D eigenvalue weighted by atomic mass is 10.1. The van der Waals surface area contributed by atoms with Crippen molar-refractivity contribution in [2.75, 3.05) is 0 Å². The largest absolute Gasteiger partial charge is 0.348 e. The zero-order chi connectivity index (χ0) is 19.3. The lowest BCUT2D eigenvalue weighted by Crippen LogP contribution is -2.32. The van der Waals surface area contributed by atoms with Crippen LogP contribution in [0.1, 0.15) is 35.3 Å². The summed E-state index contributed by atoms with van der Waals surface area (Å²) in [5, 5.41) is 3.23. The Kier molecular flexibility index (Phi) is 7.06. The molecular weight excluding hydrogens is 395 g/mol. The van der Waals surface area contributed by atoms with Crippen molar-refractivity contribution in [3.63, 3.8) is 0 Å². The molecule has 0 spiro atoms. The Bertz CT molecular complexity index is 899. The Balaban J connectivity index is 2.13. The number of sulfonamides is 1. The summed E-state index contributed by atoms with van der Waals surface area (Å²) in [5.41, 5.74) is 1.61. The van der Waals surface area contributed by atoms with Gasteiger partial charge in [0.05, 0.1) is 21.4 Å². The van der Waals surface area contributed by atoms with E-state index in [2.05, 4.69) is 10.0 Å². The lowest BCUT2D eigenvalue weighted by Gasteiger charge is -2.13. The van der Waals surface area contributed by atoms with E-state index in [1.807, 2.05) is 0 Å². The van der Waals surface area contributed by atoms with Crippen LogP contribution in [-0.4, -0.2) is 20.4 Å². The molecule has 2 aromatic rings. The Labute approximate surface area is 163 Å². The maximum absolute atomic E-state index is 12.3. The minimum atomic E-state index is -3.46. The second kappa shape index (κ2) is 8.86. The first-order valence-corrected chi connectivity index (χ1v) is 10.4. The molecule has 0 aromatic heterocycles. The Morgan fingerprint density at radius 2 is 1.69 bits per heavy atom. The number of benzene rings is 2. The van der Waals surface area contributed by atoms with Crippen molar-refractivity contribution in [1.82, 2.24) is 10.0 Å². The molecule has 0 aliphatic carbocycles. The molecule has 2 rings (SSSR count). The zero-order valence-corrected chi connectivity index (χ0v) is 16.8. The van der Waals surface area contributed by atoms with Crippen molar-refractivity contribution in [2.45, 2.75) is 32.2 Å². The fourth-order valence-electron chi connectivity index (χ4n) is 2.43. The Hall–Kier alpha value is -1.60. The van der Waals surface area contributed by atoms with E-state index in [9.17, 15) is 13.2 Å². The highest BCUT2D eigenvalue weighted by Crippen LogP contribution is 2.25. The fourth-order valence-corrected chi connectivity index (χ4v) is 4.31. The van der Waals surface area contributed by atoms with Crippen molar-refractivity contribution >= 4 is 39.1 Å². The zero-order valence-electron chi connectivity index (χ0n) is 14.4. The van der Waals surface area contributed by atoms with Crippen LogP contribution in [0.25, 0.3) is 0 Å². The van der Waals surface area contributed by atoms with Crippen LogP contribution in [0.3, 0.4) is 0 Å². The van der Waals surface area contributed by atoms with Crippen molar-refractivity contribution < 1.29 is 13.2 Å². The monoisotopic (exact) mass is 414 g/mol. The van der Waals surface area contributed by atoms with Gasteiger partial charge in [0.2, 0.25) is 10.0 Å². The molecule has 0 aliphatic rings. The molecule has 0 atom stereocenters. The van der Waals surface area contributed by atoms with Crippen LogP contribution < -0.4 is 10.0 Å². The minimum Gasteiger partial charge on any atom is -0.348 e. The molecular formula is C18H20Cl2N2O3S. The predicted octanol–water partition coefficient (Wildman–Crippen LogP) is 3.75. The Morgan fingerprint density at radius 3 is 2.35 bits per heavy atom. The van der Waals surface area contributed by atoms with Crippen LogP contribution in [0.15, 0.2) is 42.5 Å². The molecule has 0 heterocycles. The first kappa shape index (κ1) is 20.7. The number of nitrogens with one attached hydrogen (secondary N) is 2. The average molecular weight is 415 g/mol. The van der Waals surface area contributed by atoms with E-state index >= 15 is 0 Å². The molecule has 0 radical (unpaired) electrons. The summed E-state index contributed by atoms with van der Waals surface area (Å²) in [6.07, 6.45) is 0. The highest BCUT2D eigenvalue weighted by atomic mass is 35.5. The number of rotatable bonds is 7. The standard InChI is InChI=1S/C18H20Cl2N2O3S/c1-12(2)22-26(24,25)11-14-7-4-3-6-13(14)10-21-18(23)15-8-5-9-16(19)17(15)20/h3-9,12,22H,10-11H2,1-2H3,(H,21,23). The van der Waals surface area contributed by atoms with Crippen LogP contribution in [0.2, 0.25) is 10.0 Å². The van der Waals surface area contributed by atoms with E-state index in [1.165, 1.54) is 0 Å². The average Bonchev–Trinajstić information content (AvgIpc) is 2.54. The van der Waals surface area contributed by atoms with Gasteiger partial charge in [-0.1, -0.05) is 53.5 Å². The van der Waals surface area contributed by atoms with E-state index in [0.717, 1.165) is 0 Å². The van der Waals surface area contributed by atoms with E-state index in [4.69, 9.17) is 23.2 Å². The highest BCUT2D eigenvalue weighted by molar-refractivity contribution is 7.88. The summed E-state index contributed by atoms with van der Waals surface area (Å²) in [6.45, 7) is 3.70. The molecule has 0 fully saturated rings. The third-order valence-electron chi connectivity index (χ3n) is 3.51. The third kappa shape index (κ3) is 5.71. The number of carbonyl (C=O) groups is 1. The first-order valence-electron chi connectivity index (χ1n) is 7.98. The van der Waals surface area contributed by atoms with Crippen molar-refractivity contribution in [3.8, 4) is 0 Å². The van der Waals surface area contributed by atoms with Crippen LogP contribution in [0.5, 0.6) is 0 Å². The summed E-state index contributed by atoms with van der Waals surface area (Å²) < 4.78 is 26.9. The van der Waals surface area contributed by atoms with Crippen molar-refractivity contribution in [2.24, 2.45) is 0 Å². The third-order valence-corrected chi connectivity index (χ3v) is 5.86. The van der Waals surface area contributed by atoms with Gasteiger partial charge in [-0.25, -0.2) is 13.1 Å². The maximum atomic E-state index is 12.3. The number of halogens is 2. The van der Waals surface area contributed by atoms with Gasteiger partial charge in [-0.2, -0.15) is 0 Å². The molecule has 2 N–H and O–H groups in total. The Morgan fingerprint density at radius 1 is 1.04 bits per heavy atom. The van der Waals surface area contributed by atoms with Crippen LogP contribution in [-0.2, 0) is 22.3 Å². The molecule has 0 bridgehead atoms. The molecule has 2 aromatic carbocycles. The number of hydrogen-bond donors (Lipinski definition) is 2. The number of hydrogen-bond acceptors (Lipinski definition) is 3. The molecule has 26 heavy (non-hydrogen) atoms. The summed E-state index contributed by atoms with van der Waals surface area (Å²) in [6, 6.07) is 11.7. The van der Waals surface area contributed by atoms with Gasteiger partial charge in [-0.15, -0.1) is 0 Å². The molecule has 8 heteroatoms. The molecule has 140 valence electrons. The van der Waals surface area contributed by atoms with E-state index in [-0.39, 0.29) is 34.8 Å². The normalized spacial score (nSPS) is 11.6. The number of amides is 1.